The number of likely N-dealkylation sites (tertiary alicyclic amines) is 2. The summed E-state index contributed by atoms with van der Waals surface area (Å²) in [7, 11) is 0. The van der Waals surface area contributed by atoms with Crippen LogP contribution in [0, 0.1) is 32.6 Å². The largest absolute Gasteiger partial charge is 0.344 e. The molecule has 2 amide bonds. The normalized spacial score (nSPS) is 20.4. The fourth-order valence-electron chi connectivity index (χ4n) is 5.72. The number of amides is 2. The van der Waals surface area contributed by atoms with Gasteiger partial charge in [-0.05, 0) is 68.4 Å². The van der Waals surface area contributed by atoms with E-state index in [0.717, 1.165) is 71.3 Å². The average Bonchev–Trinajstić information content (AvgIpc) is 3.57. The fourth-order valence-corrected chi connectivity index (χ4v) is 6.49. The highest BCUT2D eigenvalue weighted by molar-refractivity contribution is 7.13. The van der Waals surface area contributed by atoms with Crippen LogP contribution in [0.5, 0.6) is 0 Å². The second-order valence-electron chi connectivity index (χ2n) is 10.2. The number of rotatable bonds is 7. The molecule has 7 heteroatoms. The summed E-state index contributed by atoms with van der Waals surface area (Å²) in [5.74, 6) is 1.13. The number of benzene rings is 1. The van der Waals surface area contributed by atoms with Crippen LogP contribution in [0.25, 0.3) is 0 Å². The predicted molar refractivity (Wildman–Crippen MR) is 143 cm³/mol. The van der Waals surface area contributed by atoms with Crippen molar-refractivity contribution in [1.29, 1.82) is 0 Å². The topological polar surface area (TPSA) is 65.5 Å². The van der Waals surface area contributed by atoms with E-state index in [1.165, 1.54) is 11.3 Å². The first kappa shape index (κ1) is 24.7. The molecule has 3 aromatic rings. The molecule has 3 atom stereocenters. The van der Waals surface area contributed by atoms with Crippen molar-refractivity contribution in [2.75, 3.05) is 32.7 Å². The number of carbonyl (C=O) groups is 2. The number of aromatic nitrogens is 1. The monoisotopic (exact) mass is 502 g/mol. The van der Waals surface area contributed by atoms with Crippen LogP contribution in [0.3, 0.4) is 0 Å². The van der Waals surface area contributed by atoms with Gasteiger partial charge in [0.15, 0.2) is 0 Å². The maximum Gasteiger partial charge on any atom is 0.261 e. The zero-order valence-electron chi connectivity index (χ0n) is 21.2. The summed E-state index contributed by atoms with van der Waals surface area (Å²) in [6, 6.07) is 16.0. The Morgan fingerprint density at radius 3 is 2.36 bits per heavy atom. The molecular formula is C29H34N4O2S. The molecule has 0 saturated carbocycles. The Morgan fingerprint density at radius 1 is 1.00 bits per heavy atom. The van der Waals surface area contributed by atoms with Crippen molar-refractivity contribution in [2.45, 2.75) is 33.2 Å². The van der Waals surface area contributed by atoms with Crippen LogP contribution in [-0.4, -0.2) is 59.3 Å². The predicted octanol–water partition coefficient (Wildman–Crippen LogP) is 4.63. The van der Waals surface area contributed by atoms with E-state index in [0.29, 0.717) is 11.8 Å². The maximum atomic E-state index is 13.2. The molecule has 6 nitrogen and oxygen atoms in total. The number of aryl methyl sites for hydroxylation is 3. The van der Waals surface area contributed by atoms with E-state index in [1.807, 2.05) is 62.1 Å². The van der Waals surface area contributed by atoms with E-state index in [9.17, 15) is 9.59 Å². The minimum Gasteiger partial charge on any atom is -0.344 e. The zero-order valence-corrected chi connectivity index (χ0v) is 22.1. The molecule has 2 aliphatic rings. The number of hydrogen-bond donors (Lipinski definition) is 1. The van der Waals surface area contributed by atoms with Crippen LogP contribution in [-0.2, 0) is 0 Å². The van der Waals surface area contributed by atoms with Gasteiger partial charge in [0.1, 0.15) is 0 Å². The number of fused-ring (bicyclic) bond motifs is 1. The summed E-state index contributed by atoms with van der Waals surface area (Å²) in [4.78, 5) is 36.9. The van der Waals surface area contributed by atoms with Gasteiger partial charge < -0.3 is 15.1 Å². The molecular weight excluding hydrogens is 468 g/mol. The average molecular weight is 503 g/mol. The van der Waals surface area contributed by atoms with Crippen molar-refractivity contribution in [3.8, 4) is 0 Å². The van der Waals surface area contributed by atoms with E-state index in [-0.39, 0.29) is 17.9 Å². The zero-order chi connectivity index (χ0) is 25.2. The summed E-state index contributed by atoms with van der Waals surface area (Å²) in [6.07, 6.45) is 2.63. The summed E-state index contributed by atoms with van der Waals surface area (Å²) in [6.45, 7) is 10.5. The third-order valence-corrected chi connectivity index (χ3v) is 8.62. The van der Waals surface area contributed by atoms with Crippen LogP contribution in [0.15, 0.2) is 54.7 Å². The summed E-state index contributed by atoms with van der Waals surface area (Å²) in [5.41, 5.74) is 3.71. The third kappa shape index (κ3) is 5.22. The van der Waals surface area contributed by atoms with Gasteiger partial charge in [0.05, 0.1) is 22.2 Å². The molecule has 1 aromatic carbocycles. The molecule has 2 aromatic heterocycles. The summed E-state index contributed by atoms with van der Waals surface area (Å²) in [5, 5.41) is 3.27. The van der Waals surface area contributed by atoms with Crippen LogP contribution >= 0.6 is 11.3 Å². The highest BCUT2D eigenvalue weighted by Crippen LogP contribution is 2.33. The smallest absolute Gasteiger partial charge is 0.261 e. The van der Waals surface area contributed by atoms with Crippen molar-refractivity contribution >= 4 is 23.2 Å². The van der Waals surface area contributed by atoms with Gasteiger partial charge in [-0.15, -0.1) is 11.3 Å². The van der Waals surface area contributed by atoms with E-state index in [4.69, 9.17) is 0 Å². The maximum absolute atomic E-state index is 13.2. The lowest BCUT2D eigenvalue weighted by Crippen LogP contribution is -2.35. The van der Waals surface area contributed by atoms with Crippen molar-refractivity contribution in [2.24, 2.45) is 11.8 Å². The van der Waals surface area contributed by atoms with E-state index in [1.54, 1.807) is 6.20 Å². The van der Waals surface area contributed by atoms with E-state index >= 15 is 0 Å². The van der Waals surface area contributed by atoms with Crippen LogP contribution in [0.1, 0.15) is 54.2 Å². The lowest BCUT2D eigenvalue weighted by atomic mass is 10.0. The molecule has 4 heterocycles. The highest BCUT2D eigenvalue weighted by Gasteiger charge is 2.42. The molecule has 2 unspecified atom stereocenters. The van der Waals surface area contributed by atoms with Crippen molar-refractivity contribution in [3.63, 3.8) is 0 Å². The SMILES string of the molecule is Cc1ccc(C(=O)N[C@@H](CCN2CC3CN(C(=O)c4c(C)ccnc4C)CC3C2)c2ccccc2)s1. The second-order valence-corrected chi connectivity index (χ2v) is 11.5. The summed E-state index contributed by atoms with van der Waals surface area (Å²) < 4.78 is 0. The van der Waals surface area contributed by atoms with Gasteiger partial charge in [-0.2, -0.15) is 0 Å². The van der Waals surface area contributed by atoms with E-state index < -0.39 is 0 Å². The standard InChI is InChI=1S/C29H34N4O2S/c1-19-11-13-30-21(3)27(19)29(35)33-17-23-15-32(16-24(23)18-33)14-12-25(22-7-5-4-6-8-22)31-28(34)26-10-9-20(2)36-26/h4-11,13,23-25H,12,14-18H2,1-3H3,(H,31,34)/t23?,24?,25-/m0/s1. The number of hydrogen-bond acceptors (Lipinski definition) is 5. The molecule has 2 fully saturated rings. The van der Waals surface area contributed by atoms with Crippen LogP contribution < -0.4 is 5.32 Å². The molecule has 188 valence electrons. The number of thiophene rings is 1. The molecule has 0 spiro atoms. The van der Waals surface area contributed by atoms with Crippen molar-refractivity contribution in [1.82, 2.24) is 20.1 Å². The Balaban J connectivity index is 1.19. The Labute approximate surface area is 217 Å². The highest BCUT2D eigenvalue weighted by atomic mass is 32.1. The van der Waals surface area contributed by atoms with Crippen molar-refractivity contribution in [3.05, 3.63) is 86.9 Å². The second kappa shape index (κ2) is 10.5. The van der Waals surface area contributed by atoms with Gasteiger partial charge in [-0.25, -0.2) is 0 Å². The lowest BCUT2D eigenvalue weighted by molar-refractivity contribution is 0.0772. The molecule has 5 rings (SSSR count). The number of nitrogens with one attached hydrogen (secondary N) is 1. The molecule has 0 aliphatic carbocycles. The first-order valence-electron chi connectivity index (χ1n) is 12.7. The minimum atomic E-state index is -0.0313. The Hall–Kier alpha value is -3.03. The number of carbonyl (C=O) groups excluding carboxylic acids is 2. The lowest BCUT2D eigenvalue weighted by Gasteiger charge is -2.25. The molecule has 2 saturated heterocycles. The Bertz CT molecular complexity index is 1210. The van der Waals surface area contributed by atoms with Gasteiger partial charge in [0, 0.05) is 43.8 Å². The molecule has 36 heavy (non-hydrogen) atoms. The Morgan fingerprint density at radius 2 is 1.72 bits per heavy atom. The van der Waals surface area contributed by atoms with E-state index in [2.05, 4.69) is 27.3 Å². The van der Waals surface area contributed by atoms with Crippen LogP contribution in [0.2, 0.25) is 0 Å². The quantitative estimate of drug-likeness (QED) is 0.512. The molecule has 0 radical (unpaired) electrons. The Kier molecular flexibility index (Phi) is 7.21. The number of nitrogens with zero attached hydrogens (tertiary/aromatic N) is 3. The molecule has 2 aliphatic heterocycles. The minimum absolute atomic E-state index is 0.00427. The van der Waals surface area contributed by atoms with Gasteiger partial charge in [-0.1, -0.05) is 30.3 Å². The van der Waals surface area contributed by atoms with Gasteiger partial charge in [0.25, 0.3) is 11.8 Å². The molecule has 1 N–H and O–H groups in total. The van der Waals surface area contributed by atoms with Gasteiger partial charge in [-0.3, -0.25) is 14.6 Å². The van der Waals surface area contributed by atoms with Crippen molar-refractivity contribution < 1.29 is 9.59 Å². The first-order valence-corrected chi connectivity index (χ1v) is 13.6. The third-order valence-electron chi connectivity index (χ3n) is 7.62. The van der Waals surface area contributed by atoms with Gasteiger partial charge in [0.2, 0.25) is 0 Å². The summed E-state index contributed by atoms with van der Waals surface area (Å²) >= 11 is 1.53. The van der Waals surface area contributed by atoms with Gasteiger partial charge >= 0.3 is 0 Å². The number of pyridine rings is 1. The first-order chi connectivity index (χ1) is 17.4. The fraction of sp³-hybridized carbons (Fsp3) is 0.414. The molecule has 0 bridgehead atoms. The van der Waals surface area contributed by atoms with Crippen LogP contribution in [0.4, 0.5) is 0 Å².